The van der Waals surface area contributed by atoms with Crippen LogP contribution >= 0.6 is 0 Å². The van der Waals surface area contributed by atoms with Crippen LogP contribution in [-0.4, -0.2) is 20.1 Å². The highest BCUT2D eigenvalue weighted by Crippen LogP contribution is 2.26. The first-order valence-corrected chi connectivity index (χ1v) is 9.19. The molecule has 0 atom stereocenters. The quantitative estimate of drug-likeness (QED) is 0.874. The lowest BCUT2D eigenvalue weighted by molar-refractivity contribution is 0.474. The molecule has 0 aliphatic heterocycles. The molecule has 0 unspecified atom stereocenters. The zero-order valence-electron chi connectivity index (χ0n) is 13.7. The Balaban J connectivity index is 2.50. The van der Waals surface area contributed by atoms with Crippen molar-refractivity contribution in [1.29, 1.82) is 0 Å². The van der Waals surface area contributed by atoms with E-state index in [1.54, 1.807) is 0 Å². The molecule has 4 nitrogen and oxygen atoms in total. The Labute approximate surface area is 138 Å². The van der Waals surface area contributed by atoms with Crippen molar-refractivity contribution in [2.45, 2.75) is 32.1 Å². The molecule has 1 N–H and O–H groups in total. The summed E-state index contributed by atoms with van der Waals surface area (Å²) in [6.07, 6.45) is 0.850. The van der Waals surface area contributed by atoms with E-state index in [1.165, 1.54) is 28.6 Å². The number of hydrogen-bond acceptors (Lipinski definition) is 3. The third-order valence-corrected chi connectivity index (χ3v) is 5.37. The normalized spacial score (nSPS) is 11.7. The zero-order valence-corrected chi connectivity index (χ0v) is 14.5. The highest BCUT2D eigenvalue weighted by molar-refractivity contribution is 7.92. The predicted octanol–water partition coefficient (Wildman–Crippen LogP) is 3.81. The van der Waals surface area contributed by atoms with Crippen LogP contribution in [0.5, 0.6) is 5.75 Å². The van der Waals surface area contributed by atoms with Crippen molar-refractivity contribution in [2.24, 2.45) is 5.92 Å². The van der Waals surface area contributed by atoms with Crippen molar-refractivity contribution >= 4 is 15.7 Å². The molecule has 0 saturated carbocycles. The second kappa shape index (κ2) is 7.04. The highest BCUT2D eigenvalue weighted by atomic mass is 32.2. The third-order valence-electron chi connectivity index (χ3n) is 3.56. The fraction of sp³-hybridized carbons (Fsp3) is 0.333. The largest absolute Gasteiger partial charge is 0.508 e. The molecule has 0 bridgehead atoms. The predicted molar refractivity (Wildman–Crippen MR) is 93.3 cm³/mol. The monoisotopic (exact) mass is 333 g/mol. The zero-order chi connectivity index (χ0) is 17.0. The van der Waals surface area contributed by atoms with Crippen LogP contribution in [0.15, 0.2) is 53.4 Å². The van der Waals surface area contributed by atoms with Crippen molar-refractivity contribution in [3.63, 3.8) is 0 Å². The Hall–Kier alpha value is -2.01. The number of sulfonamides is 1. The summed E-state index contributed by atoms with van der Waals surface area (Å²) in [5.41, 5.74) is 1.77. The van der Waals surface area contributed by atoms with Gasteiger partial charge in [-0.05, 0) is 54.3 Å². The van der Waals surface area contributed by atoms with Gasteiger partial charge in [-0.25, -0.2) is 8.42 Å². The number of benzene rings is 2. The minimum absolute atomic E-state index is 0.0485. The molecule has 23 heavy (non-hydrogen) atoms. The van der Waals surface area contributed by atoms with Crippen LogP contribution in [0.25, 0.3) is 0 Å². The minimum Gasteiger partial charge on any atom is -0.508 e. The van der Waals surface area contributed by atoms with Gasteiger partial charge >= 0.3 is 0 Å². The Morgan fingerprint density at radius 3 is 2.30 bits per heavy atom. The summed E-state index contributed by atoms with van der Waals surface area (Å²) in [4.78, 5) is 0.179. The van der Waals surface area contributed by atoms with Crippen LogP contribution in [0.1, 0.15) is 26.3 Å². The Morgan fingerprint density at radius 2 is 1.74 bits per heavy atom. The van der Waals surface area contributed by atoms with Gasteiger partial charge in [0.05, 0.1) is 10.6 Å². The smallest absolute Gasteiger partial charge is 0.264 e. The SMILES string of the molecule is CCc1cccc(N(CC(C)C)S(=O)(=O)c2ccc(O)cc2)c1. The first kappa shape index (κ1) is 17.3. The van der Waals surface area contributed by atoms with Crippen LogP contribution in [0, 0.1) is 5.92 Å². The van der Waals surface area contributed by atoms with Gasteiger partial charge in [-0.1, -0.05) is 32.9 Å². The number of aromatic hydroxyl groups is 1. The van der Waals surface area contributed by atoms with Crippen LogP contribution in [0.3, 0.4) is 0 Å². The number of anilines is 1. The summed E-state index contributed by atoms with van der Waals surface area (Å²) in [6.45, 7) is 6.42. The van der Waals surface area contributed by atoms with Gasteiger partial charge < -0.3 is 5.11 Å². The summed E-state index contributed by atoms with van der Waals surface area (Å²) < 4.78 is 27.5. The van der Waals surface area contributed by atoms with Gasteiger partial charge in [0.15, 0.2) is 0 Å². The van der Waals surface area contributed by atoms with E-state index in [4.69, 9.17) is 0 Å². The molecule has 0 aliphatic carbocycles. The number of phenolic OH excluding ortho intramolecular Hbond substituents is 1. The molecule has 2 rings (SSSR count). The first-order chi connectivity index (χ1) is 10.8. The maximum absolute atomic E-state index is 13.0. The van der Waals surface area contributed by atoms with Gasteiger partial charge in [0, 0.05) is 6.54 Å². The van der Waals surface area contributed by atoms with Gasteiger partial charge in [0.25, 0.3) is 10.0 Å². The van der Waals surface area contributed by atoms with Gasteiger partial charge in [0.2, 0.25) is 0 Å². The maximum atomic E-state index is 13.0. The molecule has 124 valence electrons. The lowest BCUT2D eigenvalue weighted by atomic mass is 10.1. The van der Waals surface area contributed by atoms with Gasteiger partial charge in [-0.2, -0.15) is 0 Å². The van der Waals surface area contributed by atoms with E-state index >= 15 is 0 Å². The number of phenols is 1. The Kier molecular flexibility index (Phi) is 5.31. The number of aryl methyl sites for hydroxylation is 1. The van der Waals surface area contributed by atoms with E-state index in [0.29, 0.717) is 12.2 Å². The van der Waals surface area contributed by atoms with E-state index < -0.39 is 10.0 Å². The van der Waals surface area contributed by atoms with Crippen molar-refractivity contribution in [3.05, 3.63) is 54.1 Å². The molecule has 0 saturated heterocycles. The summed E-state index contributed by atoms with van der Waals surface area (Å²) >= 11 is 0. The molecular formula is C18H23NO3S. The van der Waals surface area contributed by atoms with Gasteiger partial charge in [-0.3, -0.25) is 4.31 Å². The van der Waals surface area contributed by atoms with Crippen molar-refractivity contribution in [2.75, 3.05) is 10.8 Å². The second-order valence-electron chi connectivity index (χ2n) is 5.95. The van der Waals surface area contributed by atoms with E-state index in [1.807, 2.05) is 45.0 Å². The maximum Gasteiger partial charge on any atom is 0.264 e. The summed E-state index contributed by atoms with van der Waals surface area (Å²) in [6, 6.07) is 13.3. The van der Waals surface area contributed by atoms with E-state index in [2.05, 4.69) is 0 Å². The van der Waals surface area contributed by atoms with Crippen molar-refractivity contribution in [3.8, 4) is 5.75 Å². The van der Waals surface area contributed by atoms with Crippen LogP contribution in [0.4, 0.5) is 5.69 Å². The van der Waals surface area contributed by atoms with E-state index in [9.17, 15) is 13.5 Å². The fourth-order valence-electron chi connectivity index (χ4n) is 2.35. The number of nitrogens with zero attached hydrogens (tertiary/aromatic N) is 1. The lowest BCUT2D eigenvalue weighted by Gasteiger charge is -2.26. The first-order valence-electron chi connectivity index (χ1n) is 7.75. The summed E-state index contributed by atoms with van der Waals surface area (Å²) in [5, 5.41) is 9.38. The fourth-order valence-corrected chi connectivity index (χ4v) is 3.97. The molecule has 0 fully saturated rings. The van der Waals surface area contributed by atoms with Crippen LogP contribution in [0.2, 0.25) is 0 Å². The van der Waals surface area contributed by atoms with Gasteiger partial charge in [0.1, 0.15) is 5.75 Å². The average Bonchev–Trinajstić information content (AvgIpc) is 2.52. The second-order valence-corrected chi connectivity index (χ2v) is 7.81. The molecular weight excluding hydrogens is 310 g/mol. The molecule has 0 spiro atoms. The molecule has 0 amide bonds. The highest BCUT2D eigenvalue weighted by Gasteiger charge is 2.25. The molecule has 5 heteroatoms. The molecule has 2 aromatic rings. The van der Waals surface area contributed by atoms with Gasteiger partial charge in [-0.15, -0.1) is 0 Å². The minimum atomic E-state index is -3.67. The lowest BCUT2D eigenvalue weighted by Crippen LogP contribution is -2.34. The third kappa shape index (κ3) is 4.05. The van der Waals surface area contributed by atoms with Crippen LogP contribution in [-0.2, 0) is 16.4 Å². The standard InChI is InChI=1S/C18H23NO3S/c1-4-15-6-5-7-16(12-15)19(13-14(2)3)23(21,22)18-10-8-17(20)9-11-18/h5-12,14,20H,4,13H2,1-3H3. The topological polar surface area (TPSA) is 57.6 Å². The van der Waals surface area contributed by atoms with Crippen molar-refractivity contribution in [1.82, 2.24) is 0 Å². The molecule has 0 radical (unpaired) electrons. The molecule has 2 aromatic carbocycles. The van der Waals surface area contributed by atoms with Crippen LogP contribution < -0.4 is 4.31 Å². The Morgan fingerprint density at radius 1 is 1.09 bits per heavy atom. The van der Waals surface area contributed by atoms with E-state index in [0.717, 1.165) is 12.0 Å². The van der Waals surface area contributed by atoms with E-state index in [-0.39, 0.29) is 16.6 Å². The summed E-state index contributed by atoms with van der Waals surface area (Å²) in [7, 11) is -3.67. The molecule has 0 heterocycles. The average molecular weight is 333 g/mol. The number of hydrogen-bond donors (Lipinski definition) is 1. The molecule has 0 aromatic heterocycles. The molecule has 0 aliphatic rings. The summed E-state index contributed by atoms with van der Waals surface area (Å²) in [5.74, 6) is 0.236. The Bertz CT molecular complexity index is 752. The van der Waals surface area contributed by atoms with Crippen molar-refractivity contribution < 1.29 is 13.5 Å². The number of rotatable bonds is 6.